The summed E-state index contributed by atoms with van der Waals surface area (Å²) < 4.78 is 39.1. The molecule has 0 heterocycles. The van der Waals surface area contributed by atoms with Crippen molar-refractivity contribution in [3.63, 3.8) is 0 Å². The Morgan fingerprint density at radius 1 is 0.895 bits per heavy atom. The van der Waals surface area contributed by atoms with Crippen molar-refractivity contribution in [2.45, 2.75) is 6.42 Å². The third-order valence-corrected chi connectivity index (χ3v) is 2.93. The van der Waals surface area contributed by atoms with E-state index in [0.29, 0.717) is 18.0 Å². The van der Waals surface area contributed by atoms with E-state index in [1.165, 1.54) is 6.07 Å². The minimum atomic E-state index is -1.46. The molecule has 2 aromatic carbocycles. The van der Waals surface area contributed by atoms with Crippen molar-refractivity contribution in [1.29, 1.82) is 0 Å². The average Bonchev–Trinajstić information content (AvgIpc) is 2.41. The van der Waals surface area contributed by atoms with E-state index >= 15 is 0 Å². The van der Waals surface area contributed by atoms with Crippen LogP contribution in [0.4, 0.5) is 18.9 Å². The summed E-state index contributed by atoms with van der Waals surface area (Å²) >= 11 is 5.75. The molecule has 2 rings (SSSR count). The summed E-state index contributed by atoms with van der Waals surface area (Å²) in [5.41, 5.74) is 0.966. The highest BCUT2D eigenvalue weighted by Crippen LogP contribution is 2.19. The first-order chi connectivity index (χ1) is 9.08. The van der Waals surface area contributed by atoms with Crippen molar-refractivity contribution in [3.8, 4) is 0 Å². The zero-order valence-electron chi connectivity index (χ0n) is 9.89. The summed E-state index contributed by atoms with van der Waals surface area (Å²) in [7, 11) is 0. The Morgan fingerprint density at radius 3 is 2.26 bits per heavy atom. The first-order valence-electron chi connectivity index (χ1n) is 5.70. The molecule has 100 valence electrons. The van der Waals surface area contributed by atoms with Gasteiger partial charge in [0.15, 0.2) is 17.5 Å². The van der Waals surface area contributed by atoms with Crippen molar-refractivity contribution in [2.75, 3.05) is 11.9 Å². The molecule has 0 radical (unpaired) electrons. The van der Waals surface area contributed by atoms with Gasteiger partial charge in [0.2, 0.25) is 0 Å². The number of anilines is 1. The molecule has 2 aromatic rings. The van der Waals surface area contributed by atoms with Crippen LogP contribution in [0, 0.1) is 17.5 Å². The molecule has 1 N–H and O–H groups in total. The van der Waals surface area contributed by atoms with E-state index in [1.54, 1.807) is 12.1 Å². The third-order valence-electron chi connectivity index (χ3n) is 2.68. The molecule has 19 heavy (non-hydrogen) atoms. The molecule has 1 nitrogen and oxygen atoms in total. The summed E-state index contributed by atoms with van der Waals surface area (Å²) in [5, 5.41) is 3.37. The molecule has 0 saturated heterocycles. The lowest BCUT2D eigenvalue weighted by atomic mass is 10.1. The summed E-state index contributed by atoms with van der Waals surface area (Å²) in [6.07, 6.45) is 0.621. The van der Waals surface area contributed by atoms with Crippen LogP contribution in [0.2, 0.25) is 5.02 Å². The second kappa shape index (κ2) is 5.97. The van der Waals surface area contributed by atoms with Crippen molar-refractivity contribution in [3.05, 3.63) is 64.4 Å². The minimum absolute atomic E-state index is 0.0483. The molecular weight excluding hydrogens is 275 g/mol. The first kappa shape index (κ1) is 13.7. The quantitative estimate of drug-likeness (QED) is 0.821. The molecule has 0 amide bonds. The number of halogens is 4. The largest absolute Gasteiger partial charge is 0.382 e. The van der Waals surface area contributed by atoms with Crippen LogP contribution in [0.5, 0.6) is 0 Å². The first-order valence-corrected chi connectivity index (χ1v) is 6.07. The van der Waals surface area contributed by atoms with Gasteiger partial charge in [0.25, 0.3) is 0 Å². The highest BCUT2D eigenvalue weighted by Gasteiger charge is 2.12. The topological polar surface area (TPSA) is 12.0 Å². The van der Waals surface area contributed by atoms with Gasteiger partial charge in [-0.3, -0.25) is 0 Å². The van der Waals surface area contributed by atoms with E-state index in [4.69, 9.17) is 11.6 Å². The van der Waals surface area contributed by atoms with Gasteiger partial charge in [0, 0.05) is 11.6 Å². The van der Waals surface area contributed by atoms with Crippen LogP contribution < -0.4 is 5.32 Å². The second-order valence-electron chi connectivity index (χ2n) is 4.03. The summed E-state index contributed by atoms with van der Waals surface area (Å²) in [6.45, 7) is 0.406. The lowest BCUT2D eigenvalue weighted by molar-refractivity contribution is 0.449. The Morgan fingerprint density at radius 2 is 1.58 bits per heavy atom. The van der Waals surface area contributed by atoms with E-state index in [-0.39, 0.29) is 5.69 Å². The molecule has 0 bridgehead atoms. The van der Waals surface area contributed by atoms with E-state index in [0.717, 1.165) is 11.6 Å². The lowest BCUT2D eigenvalue weighted by Gasteiger charge is -2.08. The second-order valence-corrected chi connectivity index (χ2v) is 4.46. The van der Waals surface area contributed by atoms with Crippen LogP contribution in [0.3, 0.4) is 0 Å². The van der Waals surface area contributed by atoms with Gasteiger partial charge >= 0.3 is 0 Å². The number of nitrogens with one attached hydrogen (secondary N) is 1. The normalized spacial score (nSPS) is 10.5. The Hall–Kier alpha value is -1.68. The van der Waals surface area contributed by atoms with Crippen molar-refractivity contribution >= 4 is 17.3 Å². The fourth-order valence-corrected chi connectivity index (χ4v) is 1.78. The lowest BCUT2D eigenvalue weighted by Crippen LogP contribution is -2.07. The fraction of sp³-hybridized carbons (Fsp3) is 0.143. The Kier molecular flexibility index (Phi) is 4.32. The number of rotatable bonds is 4. The zero-order valence-corrected chi connectivity index (χ0v) is 10.6. The summed E-state index contributed by atoms with van der Waals surface area (Å²) in [5.74, 6) is -3.85. The van der Waals surface area contributed by atoms with Crippen LogP contribution >= 0.6 is 11.6 Å². The van der Waals surface area contributed by atoms with Gasteiger partial charge in [0.1, 0.15) is 0 Å². The molecule has 0 aromatic heterocycles. The summed E-state index contributed by atoms with van der Waals surface area (Å²) in [6, 6.07) is 9.29. The molecule has 0 aliphatic rings. The maximum absolute atomic E-state index is 13.3. The van der Waals surface area contributed by atoms with E-state index in [9.17, 15) is 13.2 Å². The Balaban J connectivity index is 1.96. The zero-order chi connectivity index (χ0) is 13.8. The molecule has 0 unspecified atom stereocenters. The van der Waals surface area contributed by atoms with Crippen LogP contribution in [0.1, 0.15) is 5.56 Å². The Labute approximate surface area is 114 Å². The number of hydrogen-bond donors (Lipinski definition) is 1. The minimum Gasteiger partial charge on any atom is -0.382 e. The van der Waals surface area contributed by atoms with E-state index in [1.807, 2.05) is 12.1 Å². The standard InChI is InChI=1S/C14H11ClF3N/c15-10-3-1-9(2-4-10)7-8-19-12-6-5-11(16)13(17)14(12)18/h1-6,19H,7-8H2. The van der Waals surface area contributed by atoms with Gasteiger partial charge in [0.05, 0.1) is 5.69 Å². The maximum Gasteiger partial charge on any atom is 0.196 e. The smallest absolute Gasteiger partial charge is 0.196 e. The van der Waals surface area contributed by atoms with Crippen LogP contribution in [-0.2, 0) is 6.42 Å². The fourth-order valence-electron chi connectivity index (χ4n) is 1.66. The van der Waals surface area contributed by atoms with Gasteiger partial charge in [-0.25, -0.2) is 13.2 Å². The van der Waals surface area contributed by atoms with E-state index in [2.05, 4.69) is 5.32 Å². The number of benzene rings is 2. The van der Waals surface area contributed by atoms with Crippen LogP contribution in [0.25, 0.3) is 0 Å². The maximum atomic E-state index is 13.3. The SMILES string of the molecule is Fc1ccc(NCCc2ccc(Cl)cc2)c(F)c1F. The average molecular weight is 286 g/mol. The van der Waals surface area contributed by atoms with Gasteiger partial charge < -0.3 is 5.32 Å². The molecule has 0 spiro atoms. The molecule has 0 aliphatic heterocycles. The van der Waals surface area contributed by atoms with Crippen molar-refractivity contribution < 1.29 is 13.2 Å². The van der Waals surface area contributed by atoms with Gasteiger partial charge in [-0.1, -0.05) is 23.7 Å². The van der Waals surface area contributed by atoms with Gasteiger partial charge in [-0.05, 0) is 36.2 Å². The summed E-state index contributed by atoms with van der Waals surface area (Å²) in [4.78, 5) is 0. The van der Waals surface area contributed by atoms with Crippen LogP contribution in [0.15, 0.2) is 36.4 Å². The monoisotopic (exact) mass is 285 g/mol. The van der Waals surface area contributed by atoms with Gasteiger partial charge in [-0.15, -0.1) is 0 Å². The molecule has 0 saturated carbocycles. The highest BCUT2D eigenvalue weighted by molar-refractivity contribution is 6.30. The highest BCUT2D eigenvalue weighted by atomic mass is 35.5. The molecule has 0 fully saturated rings. The molecule has 0 atom stereocenters. The predicted molar refractivity (Wildman–Crippen MR) is 70.0 cm³/mol. The van der Waals surface area contributed by atoms with Gasteiger partial charge in [-0.2, -0.15) is 0 Å². The number of hydrogen-bond acceptors (Lipinski definition) is 1. The van der Waals surface area contributed by atoms with Crippen molar-refractivity contribution in [2.24, 2.45) is 0 Å². The Bertz CT molecular complexity index is 570. The molecule has 5 heteroatoms. The third kappa shape index (κ3) is 3.41. The van der Waals surface area contributed by atoms with Crippen molar-refractivity contribution in [1.82, 2.24) is 0 Å². The molecular formula is C14H11ClF3N. The predicted octanol–water partition coefficient (Wildman–Crippen LogP) is 4.41. The molecule has 0 aliphatic carbocycles. The van der Waals surface area contributed by atoms with Crippen LogP contribution in [-0.4, -0.2) is 6.54 Å². The van der Waals surface area contributed by atoms with E-state index < -0.39 is 17.5 Å².